The molecule has 0 aromatic carbocycles. The molecule has 0 radical (unpaired) electrons. The Morgan fingerprint density at radius 3 is 1.75 bits per heavy atom. The van der Waals surface area contributed by atoms with Gasteiger partial charge in [-0.15, -0.1) is 0 Å². The molecular weight excluding hydrogens is 160 g/mol. The normalized spacial score (nSPS) is 6.00. The van der Waals surface area contributed by atoms with Crippen LogP contribution in [-0.2, 0) is 0 Å². The maximum Gasteiger partial charge on any atom is 0.237 e. The predicted molar refractivity (Wildman–Crippen MR) is 42.7 cm³/mol. The van der Waals surface area contributed by atoms with E-state index in [4.69, 9.17) is 0 Å². The third-order valence-electron chi connectivity index (χ3n) is 0.283. The minimum absolute atomic E-state index is 0.0648. The van der Waals surface area contributed by atoms with Crippen molar-refractivity contribution < 1.29 is 0 Å². The summed E-state index contributed by atoms with van der Waals surface area (Å²) in [5.41, 5.74) is 0. The number of hydrogen-bond acceptors (Lipinski definition) is 3. The molecule has 0 aromatic rings. The second kappa shape index (κ2) is 4.84. The zero-order valence-corrected chi connectivity index (χ0v) is 6.07. The van der Waals surface area contributed by atoms with Gasteiger partial charge in [-0.25, -0.2) is 0 Å². The van der Waals surface area contributed by atoms with Crippen molar-refractivity contribution in [3.05, 3.63) is 0 Å². The first-order valence-electron chi connectivity index (χ1n) is 1.51. The molecular formula is C3N2S3. The van der Waals surface area contributed by atoms with Crippen molar-refractivity contribution in [3.63, 3.8) is 0 Å². The SMILES string of the molecule is S=C=NC(=S)N=C=S. The van der Waals surface area contributed by atoms with Gasteiger partial charge in [-0.05, 0) is 36.7 Å². The highest BCUT2D eigenvalue weighted by Gasteiger charge is 1.78. The van der Waals surface area contributed by atoms with Gasteiger partial charge in [0.25, 0.3) is 0 Å². The average molecular weight is 160 g/mol. The zero-order valence-electron chi connectivity index (χ0n) is 3.62. The summed E-state index contributed by atoms with van der Waals surface area (Å²) < 4.78 is 0. The molecule has 0 aliphatic carbocycles. The summed E-state index contributed by atoms with van der Waals surface area (Å²) in [7, 11) is 0. The molecule has 0 aliphatic heterocycles. The predicted octanol–water partition coefficient (Wildman–Crippen LogP) is 1.48. The van der Waals surface area contributed by atoms with E-state index in [1.165, 1.54) is 0 Å². The van der Waals surface area contributed by atoms with Crippen LogP contribution < -0.4 is 0 Å². The number of isothiocyanates is 2. The van der Waals surface area contributed by atoms with Crippen molar-refractivity contribution in [3.8, 4) is 0 Å². The molecule has 0 amide bonds. The molecule has 0 saturated heterocycles. The Hall–Kier alpha value is -0.310. The van der Waals surface area contributed by atoms with E-state index in [2.05, 4.69) is 46.6 Å². The van der Waals surface area contributed by atoms with Gasteiger partial charge < -0.3 is 0 Å². The Morgan fingerprint density at radius 1 is 1.12 bits per heavy atom. The van der Waals surface area contributed by atoms with Crippen LogP contribution in [0.5, 0.6) is 0 Å². The van der Waals surface area contributed by atoms with E-state index in [0.29, 0.717) is 0 Å². The summed E-state index contributed by atoms with van der Waals surface area (Å²) in [6.45, 7) is 0. The minimum atomic E-state index is 0.0648. The van der Waals surface area contributed by atoms with Crippen LogP contribution in [0.2, 0.25) is 0 Å². The smallest absolute Gasteiger partial charge is 0.162 e. The lowest BCUT2D eigenvalue weighted by atomic mass is 11.1. The minimum Gasteiger partial charge on any atom is -0.162 e. The van der Waals surface area contributed by atoms with Gasteiger partial charge >= 0.3 is 0 Å². The number of nitrogens with zero attached hydrogens (tertiary/aromatic N) is 2. The third kappa shape index (κ3) is 3.87. The molecule has 40 valence electrons. The zero-order chi connectivity index (χ0) is 6.41. The first-order chi connectivity index (χ1) is 3.81. The van der Waals surface area contributed by atoms with Crippen LogP contribution in [0, 0.1) is 0 Å². The first-order valence-corrected chi connectivity index (χ1v) is 2.73. The van der Waals surface area contributed by atoms with Crippen molar-refractivity contribution in [2.24, 2.45) is 9.98 Å². The number of rotatable bonds is 0. The number of aliphatic imine (C=N–C) groups is 2. The largest absolute Gasteiger partial charge is 0.237 e. The second-order valence-corrected chi connectivity index (χ2v) is 1.42. The van der Waals surface area contributed by atoms with Crippen LogP contribution in [-0.4, -0.2) is 15.4 Å². The molecule has 0 atom stereocenters. The summed E-state index contributed by atoms with van der Waals surface area (Å²) in [6.07, 6.45) is 0. The van der Waals surface area contributed by atoms with Crippen LogP contribution in [0.25, 0.3) is 0 Å². The number of thiocarbonyl (C=S) groups is 3. The van der Waals surface area contributed by atoms with E-state index in [-0.39, 0.29) is 5.11 Å². The van der Waals surface area contributed by atoms with Crippen LogP contribution in [0.4, 0.5) is 0 Å². The average Bonchev–Trinajstić information content (AvgIpc) is 1.68. The molecule has 5 heteroatoms. The van der Waals surface area contributed by atoms with Gasteiger partial charge in [-0.3, -0.25) is 0 Å². The van der Waals surface area contributed by atoms with Crippen molar-refractivity contribution >= 4 is 52.1 Å². The van der Waals surface area contributed by atoms with Gasteiger partial charge in [0.15, 0.2) is 0 Å². The molecule has 0 unspecified atom stereocenters. The molecule has 0 spiro atoms. The molecule has 0 saturated carbocycles. The molecule has 0 aromatic heterocycles. The maximum absolute atomic E-state index is 4.46. The van der Waals surface area contributed by atoms with E-state index < -0.39 is 0 Å². The molecule has 0 fully saturated rings. The fourth-order valence-electron chi connectivity index (χ4n) is 0.103. The van der Waals surface area contributed by atoms with E-state index in [1.54, 1.807) is 0 Å². The Bertz CT molecular complexity index is 165. The van der Waals surface area contributed by atoms with Crippen molar-refractivity contribution in [1.29, 1.82) is 0 Å². The second-order valence-electron chi connectivity index (χ2n) is 0.689. The molecule has 0 heterocycles. The molecule has 0 bridgehead atoms. The van der Waals surface area contributed by atoms with Gasteiger partial charge in [0.2, 0.25) is 5.11 Å². The Labute approximate surface area is 62.3 Å². The molecule has 0 aliphatic rings. The van der Waals surface area contributed by atoms with Gasteiger partial charge in [0.05, 0.1) is 10.3 Å². The number of hydrogen-bond donors (Lipinski definition) is 0. The topological polar surface area (TPSA) is 24.7 Å². The quantitative estimate of drug-likeness (QED) is 0.396. The molecule has 0 rings (SSSR count). The van der Waals surface area contributed by atoms with Crippen molar-refractivity contribution in [2.45, 2.75) is 0 Å². The van der Waals surface area contributed by atoms with Crippen LogP contribution in [0.15, 0.2) is 9.98 Å². The third-order valence-corrected chi connectivity index (χ3v) is 0.648. The van der Waals surface area contributed by atoms with Gasteiger partial charge in [-0.1, -0.05) is 0 Å². The van der Waals surface area contributed by atoms with Crippen molar-refractivity contribution in [2.75, 3.05) is 0 Å². The first kappa shape index (κ1) is 7.69. The van der Waals surface area contributed by atoms with Crippen LogP contribution in [0.1, 0.15) is 0 Å². The molecule has 2 nitrogen and oxygen atoms in total. The van der Waals surface area contributed by atoms with Gasteiger partial charge in [-0.2, -0.15) is 9.98 Å². The fraction of sp³-hybridized carbons (Fsp3) is 0. The highest BCUT2D eigenvalue weighted by molar-refractivity contribution is 7.81. The van der Waals surface area contributed by atoms with Crippen LogP contribution >= 0.6 is 36.7 Å². The maximum atomic E-state index is 4.46. The monoisotopic (exact) mass is 160 g/mol. The van der Waals surface area contributed by atoms with Crippen LogP contribution in [0.3, 0.4) is 0 Å². The summed E-state index contributed by atoms with van der Waals surface area (Å²) in [6, 6.07) is 0. The Morgan fingerprint density at radius 2 is 1.50 bits per heavy atom. The lowest BCUT2D eigenvalue weighted by Gasteiger charge is -1.71. The highest BCUT2D eigenvalue weighted by Crippen LogP contribution is 1.76. The van der Waals surface area contributed by atoms with E-state index in [0.717, 1.165) is 0 Å². The van der Waals surface area contributed by atoms with Gasteiger partial charge in [0, 0.05) is 0 Å². The standard InChI is InChI=1S/C3N2S3/c6-1-4-3(8)5-2-7. The van der Waals surface area contributed by atoms with E-state index in [1.807, 2.05) is 10.3 Å². The van der Waals surface area contributed by atoms with E-state index in [9.17, 15) is 0 Å². The lowest BCUT2D eigenvalue weighted by molar-refractivity contribution is 1.66. The van der Waals surface area contributed by atoms with Gasteiger partial charge in [0.1, 0.15) is 0 Å². The molecule has 8 heavy (non-hydrogen) atoms. The Kier molecular flexibility index (Phi) is 4.65. The summed E-state index contributed by atoms with van der Waals surface area (Å²) in [5, 5.41) is 4.14. The summed E-state index contributed by atoms with van der Waals surface area (Å²) in [5.74, 6) is 0. The summed E-state index contributed by atoms with van der Waals surface area (Å²) >= 11 is 12.9. The fourth-order valence-corrected chi connectivity index (χ4v) is 0.483. The molecule has 0 N–H and O–H groups in total. The summed E-state index contributed by atoms with van der Waals surface area (Å²) in [4.78, 5) is 6.63. The Balaban J connectivity index is 4.04. The lowest BCUT2D eigenvalue weighted by Crippen LogP contribution is -1.77. The van der Waals surface area contributed by atoms with E-state index >= 15 is 0 Å². The van der Waals surface area contributed by atoms with Crippen molar-refractivity contribution in [1.82, 2.24) is 0 Å². The highest BCUT2D eigenvalue weighted by atomic mass is 32.1.